The summed E-state index contributed by atoms with van der Waals surface area (Å²) in [6, 6.07) is 3.88. The molecule has 1 fully saturated rings. The summed E-state index contributed by atoms with van der Waals surface area (Å²) >= 11 is 0. The van der Waals surface area contributed by atoms with Crippen molar-refractivity contribution in [3.63, 3.8) is 0 Å². The van der Waals surface area contributed by atoms with Crippen LogP contribution in [0.15, 0.2) is 18.2 Å². The number of halogens is 5. The molecule has 2 atom stereocenters. The first kappa shape index (κ1) is 23.0. The van der Waals surface area contributed by atoms with Crippen LogP contribution in [0.25, 0.3) is 0 Å². The maximum absolute atomic E-state index is 13.6. The van der Waals surface area contributed by atoms with Gasteiger partial charge in [0.15, 0.2) is 0 Å². The van der Waals surface area contributed by atoms with Gasteiger partial charge in [-0.25, -0.2) is 4.39 Å². The van der Waals surface area contributed by atoms with Crippen LogP contribution >= 0.6 is 12.4 Å². The quantitative estimate of drug-likeness (QED) is 0.689. The van der Waals surface area contributed by atoms with E-state index in [2.05, 4.69) is 5.32 Å². The van der Waals surface area contributed by atoms with Crippen LogP contribution < -0.4 is 10.1 Å². The highest BCUT2D eigenvalue weighted by atomic mass is 35.5. The van der Waals surface area contributed by atoms with Gasteiger partial charge in [-0.05, 0) is 36.6 Å². The number of hydrogen-bond acceptors (Lipinski definition) is 4. The second-order valence-electron chi connectivity index (χ2n) is 6.27. The van der Waals surface area contributed by atoms with E-state index in [0.29, 0.717) is 31.0 Å². The molecule has 2 rings (SSSR count). The molecule has 1 aromatic carbocycles. The van der Waals surface area contributed by atoms with Crippen LogP contribution in [0.2, 0.25) is 0 Å². The highest BCUT2D eigenvalue weighted by molar-refractivity contribution is 5.85. The van der Waals surface area contributed by atoms with Crippen molar-refractivity contribution >= 4 is 12.4 Å². The van der Waals surface area contributed by atoms with Gasteiger partial charge >= 0.3 is 6.18 Å². The summed E-state index contributed by atoms with van der Waals surface area (Å²) in [6.45, 7) is 1.28. The number of ether oxygens (including phenoxy) is 2. The SMILES string of the molecule is COc1ccc(F)cc1CC(O)(CCCC(F)(F)F)C1CNCCO1.Cl. The molecule has 0 spiro atoms. The van der Waals surface area contributed by atoms with Gasteiger partial charge in [0, 0.05) is 25.9 Å². The van der Waals surface area contributed by atoms with Gasteiger partial charge in [-0.2, -0.15) is 13.2 Å². The van der Waals surface area contributed by atoms with Gasteiger partial charge in [0.2, 0.25) is 0 Å². The van der Waals surface area contributed by atoms with Gasteiger partial charge in [-0.3, -0.25) is 0 Å². The third kappa shape index (κ3) is 6.57. The lowest BCUT2D eigenvalue weighted by Gasteiger charge is -2.39. The lowest BCUT2D eigenvalue weighted by molar-refractivity contribution is -0.148. The molecular formula is C17H24ClF4NO3. The van der Waals surface area contributed by atoms with Crippen LogP contribution in [0.1, 0.15) is 24.8 Å². The molecule has 0 saturated carbocycles. The first-order valence-electron chi connectivity index (χ1n) is 8.17. The molecule has 1 aliphatic heterocycles. The molecule has 0 aromatic heterocycles. The fourth-order valence-corrected chi connectivity index (χ4v) is 3.08. The van der Waals surface area contributed by atoms with E-state index in [-0.39, 0.29) is 31.7 Å². The Morgan fingerprint density at radius 1 is 1.31 bits per heavy atom. The number of alkyl halides is 3. The lowest BCUT2D eigenvalue weighted by Crippen LogP contribution is -2.54. The maximum atomic E-state index is 13.6. The number of nitrogens with one attached hydrogen (secondary N) is 1. The number of rotatable bonds is 7. The average molecular weight is 402 g/mol. The molecule has 0 bridgehead atoms. The van der Waals surface area contributed by atoms with Crippen LogP contribution in [0, 0.1) is 5.82 Å². The van der Waals surface area contributed by atoms with Crippen molar-refractivity contribution in [1.82, 2.24) is 5.32 Å². The van der Waals surface area contributed by atoms with Gasteiger partial charge in [0.25, 0.3) is 0 Å². The molecular weight excluding hydrogens is 378 g/mol. The molecule has 1 aliphatic rings. The van der Waals surface area contributed by atoms with Crippen LogP contribution in [0.3, 0.4) is 0 Å². The van der Waals surface area contributed by atoms with Crippen molar-refractivity contribution in [2.24, 2.45) is 0 Å². The molecule has 26 heavy (non-hydrogen) atoms. The van der Waals surface area contributed by atoms with E-state index in [1.165, 1.54) is 25.3 Å². The predicted molar refractivity (Wildman–Crippen MR) is 91.4 cm³/mol. The lowest BCUT2D eigenvalue weighted by atomic mass is 9.83. The van der Waals surface area contributed by atoms with E-state index in [1.807, 2.05) is 0 Å². The summed E-state index contributed by atoms with van der Waals surface area (Å²) in [5.41, 5.74) is -1.16. The van der Waals surface area contributed by atoms with Crippen LogP contribution in [-0.4, -0.2) is 49.8 Å². The maximum Gasteiger partial charge on any atom is 0.389 e. The third-order valence-electron chi connectivity index (χ3n) is 4.34. The molecule has 1 aromatic rings. The van der Waals surface area contributed by atoms with Crippen molar-refractivity contribution in [3.8, 4) is 5.75 Å². The zero-order valence-electron chi connectivity index (χ0n) is 14.4. The second-order valence-corrected chi connectivity index (χ2v) is 6.27. The molecule has 2 N–H and O–H groups in total. The smallest absolute Gasteiger partial charge is 0.389 e. The highest BCUT2D eigenvalue weighted by Crippen LogP contribution is 2.33. The summed E-state index contributed by atoms with van der Waals surface area (Å²) in [7, 11) is 1.41. The van der Waals surface area contributed by atoms with Crippen molar-refractivity contribution in [2.75, 3.05) is 26.8 Å². The normalized spacial score (nSPS) is 20.2. The van der Waals surface area contributed by atoms with E-state index in [1.54, 1.807) is 0 Å². The summed E-state index contributed by atoms with van der Waals surface area (Å²) in [5, 5.41) is 14.1. The Kier molecular flexibility index (Phi) is 8.59. The molecule has 2 unspecified atom stereocenters. The number of aliphatic hydroxyl groups is 1. The average Bonchev–Trinajstić information content (AvgIpc) is 2.54. The molecule has 4 nitrogen and oxygen atoms in total. The van der Waals surface area contributed by atoms with Gasteiger partial charge in [0.1, 0.15) is 11.6 Å². The summed E-state index contributed by atoms with van der Waals surface area (Å²) in [5.74, 6) is -0.129. The number of methoxy groups -OCH3 is 1. The van der Waals surface area contributed by atoms with Crippen molar-refractivity contribution in [3.05, 3.63) is 29.6 Å². The fourth-order valence-electron chi connectivity index (χ4n) is 3.08. The first-order chi connectivity index (χ1) is 11.7. The second kappa shape index (κ2) is 9.73. The van der Waals surface area contributed by atoms with E-state index in [4.69, 9.17) is 9.47 Å². The predicted octanol–water partition coefficient (Wildman–Crippen LogP) is 3.25. The van der Waals surface area contributed by atoms with Crippen LogP contribution in [-0.2, 0) is 11.2 Å². The topological polar surface area (TPSA) is 50.7 Å². The Labute approximate surface area is 156 Å². The minimum absolute atomic E-state index is 0. The Bertz CT molecular complexity index is 567. The third-order valence-corrected chi connectivity index (χ3v) is 4.34. The molecule has 9 heteroatoms. The van der Waals surface area contributed by atoms with Crippen molar-refractivity contribution in [2.45, 2.75) is 43.6 Å². The van der Waals surface area contributed by atoms with Gasteiger partial charge in [-0.15, -0.1) is 12.4 Å². The molecule has 0 radical (unpaired) electrons. The van der Waals surface area contributed by atoms with Gasteiger partial charge in [0.05, 0.1) is 25.4 Å². The van der Waals surface area contributed by atoms with Crippen molar-refractivity contribution < 1.29 is 32.1 Å². The molecule has 0 aliphatic carbocycles. The van der Waals surface area contributed by atoms with Gasteiger partial charge in [-0.1, -0.05) is 0 Å². The Morgan fingerprint density at radius 3 is 2.62 bits per heavy atom. The van der Waals surface area contributed by atoms with Crippen LogP contribution in [0.5, 0.6) is 5.75 Å². The number of benzene rings is 1. The zero-order chi connectivity index (χ0) is 18.5. The Hall–Kier alpha value is -1.09. The van der Waals surface area contributed by atoms with Crippen LogP contribution in [0.4, 0.5) is 17.6 Å². The summed E-state index contributed by atoms with van der Waals surface area (Å²) in [6.07, 6.45) is -6.37. The highest BCUT2D eigenvalue weighted by Gasteiger charge is 2.40. The molecule has 1 heterocycles. The monoisotopic (exact) mass is 401 g/mol. The summed E-state index contributed by atoms with van der Waals surface area (Å²) < 4.78 is 61.8. The van der Waals surface area contributed by atoms with Crippen molar-refractivity contribution in [1.29, 1.82) is 0 Å². The number of morpholine rings is 1. The first-order valence-corrected chi connectivity index (χ1v) is 8.17. The molecule has 0 amide bonds. The van der Waals surface area contributed by atoms with E-state index >= 15 is 0 Å². The fraction of sp³-hybridized carbons (Fsp3) is 0.647. The summed E-state index contributed by atoms with van der Waals surface area (Å²) in [4.78, 5) is 0. The molecule has 1 saturated heterocycles. The standard InChI is InChI=1S/C17H23F4NO3.ClH/c1-24-14-4-3-13(18)9-12(14)10-16(23,5-2-6-17(19,20)21)15-11-22-7-8-25-15;/h3-4,9,15,22-23H,2,5-8,10-11H2,1H3;1H. The molecule has 150 valence electrons. The zero-order valence-corrected chi connectivity index (χ0v) is 15.3. The van der Waals surface area contributed by atoms with Gasteiger partial charge < -0.3 is 19.9 Å². The largest absolute Gasteiger partial charge is 0.496 e. The van der Waals surface area contributed by atoms with E-state index in [0.717, 1.165) is 0 Å². The Morgan fingerprint density at radius 2 is 2.04 bits per heavy atom. The minimum Gasteiger partial charge on any atom is -0.496 e. The van der Waals surface area contributed by atoms with E-state index in [9.17, 15) is 22.7 Å². The van der Waals surface area contributed by atoms with E-state index < -0.39 is 30.1 Å². The number of hydrogen-bond donors (Lipinski definition) is 2. The Balaban J connectivity index is 0.00000338. The minimum atomic E-state index is -4.29.